The standard InChI is InChI=1S/C24H24N4O3S/c1-14-8-7-9-17(12-14)22-21(23(29)25-20-13-15(2)31-27-20)16(3)28(24(32)26-22)18-10-5-6-11-19(18)30-4/h5-13,22H,1-4H3,(H,26,32)(H,25,27,29)/t22-/m0/s1. The van der Waals surface area contributed by atoms with Gasteiger partial charge >= 0.3 is 0 Å². The molecule has 8 heteroatoms. The maximum Gasteiger partial charge on any atom is 0.257 e. The lowest BCUT2D eigenvalue weighted by Gasteiger charge is -2.38. The number of para-hydroxylation sites is 2. The fraction of sp³-hybridized carbons (Fsp3) is 0.208. The Morgan fingerprint density at radius 2 is 1.94 bits per heavy atom. The summed E-state index contributed by atoms with van der Waals surface area (Å²) >= 11 is 5.74. The van der Waals surface area contributed by atoms with E-state index in [-0.39, 0.29) is 5.91 Å². The van der Waals surface area contributed by atoms with Crippen molar-refractivity contribution in [1.29, 1.82) is 0 Å². The van der Waals surface area contributed by atoms with Gasteiger partial charge < -0.3 is 19.9 Å². The second kappa shape index (κ2) is 8.84. The Morgan fingerprint density at radius 3 is 2.62 bits per heavy atom. The second-order valence-corrected chi connectivity index (χ2v) is 7.97. The Labute approximate surface area is 192 Å². The van der Waals surface area contributed by atoms with Gasteiger partial charge in [0.15, 0.2) is 10.9 Å². The van der Waals surface area contributed by atoms with Crippen molar-refractivity contribution in [2.45, 2.75) is 26.8 Å². The molecule has 2 heterocycles. The van der Waals surface area contributed by atoms with E-state index in [2.05, 4.69) is 15.8 Å². The van der Waals surface area contributed by atoms with Gasteiger partial charge in [-0.05, 0) is 50.7 Å². The lowest BCUT2D eigenvalue weighted by atomic mass is 9.93. The molecule has 1 aliphatic rings. The van der Waals surface area contributed by atoms with Gasteiger partial charge in [-0.25, -0.2) is 0 Å². The molecule has 0 spiro atoms. The molecule has 0 bridgehead atoms. The predicted molar refractivity (Wildman–Crippen MR) is 128 cm³/mol. The summed E-state index contributed by atoms with van der Waals surface area (Å²) in [4.78, 5) is 15.3. The Balaban J connectivity index is 1.84. The number of amides is 1. The molecule has 0 fully saturated rings. The third kappa shape index (κ3) is 4.09. The number of rotatable bonds is 5. The first-order valence-corrected chi connectivity index (χ1v) is 10.6. The van der Waals surface area contributed by atoms with Crippen LogP contribution in [-0.4, -0.2) is 23.3 Å². The van der Waals surface area contributed by atoms with Gasteiger partial charge in [-0.3, -0.25) is 9.69 Å². The lowest BCUT2D eigenvalue weighted by molar-refractivity contribution is -0.113. The van der Waals surface area contributed by atoms with E-state index in [0.29, 0.717) is 33.7 Å². The Hall–Kier alpha value is -3.65. The van der Waals surface area contributed by atoms with Gasteiger partial charge in [-0.1, -0.05) is 47.1 Å². The molecule has 7 nitrogen and oxygen atoms in total. The number of methoxy groups -OCH3 is 1. The highest BCUT2D eigenvalue weighted by molar-refractivity contribution is 7.80. The van der Waals surface area contributed by atoms with E-state index in [9.17, 15) is 4.79 Å². The molecule has 4 rings (SSSR count). The summed E-state index contributed by atoms with van der Waals surface area (Å²) in [6, 6.07) is 16.8. The molecule has 2 aromatic carbocycles. The van der Waals surface area contributed by atoms with Crippen molar-refractivity contribution >= 4 is 34.7 Å². The van der Waals surface area contributed by atoms with Gasteiger partial charge in [0.25, 0.3) is 5.91 Å². The average Bonchev–Trinajstić information content (AvgIpc) is 3.18. The minimum Gasteiger partial charge on any atom is -0.495 e. The molecule has 1 amide bonds. The number of anilines is 2. The summed E-state index contributed by atoms with van der Waals surface area (Å²) in [7, 11) is 1.61. The molecule has 0 aliphatic carbocycles. The number of ether oxygens (including phenoxy) is 1. The zero-order chi connectivity index (χ0) is 22.8. The molecule has 0 saturated carbocycles. The van der Waals surface area contributed by atoms with Crippen molar-refractivity contribution in [1.82, 2.24) is 10.5 Å². The molecule has 1 aromatic heterocycles. The van der Waals surface area contributed by atoms with E-state index < -0.39 is 6.04 Å². The zero-order valence-corrected chi connectivity index (χ0v) is 19.1. The molecule has 0 radical (unpaired) electrons. The maximum atomic E-state index is 13.5. The second-order valence-electron chi connectivity index (χ2n) is 7.58. The molecule has 1 aliphatic heterocycles. The van der Waals surface area contributed by atoms with Gasteiger partial charge in [-0.15, -0.1) is 0 Å². The summed E-state index contributed by atoms with van der Waals surface area (Å²) in [5.41, 5.74) is 3.99. The number of hydrogen-bond donors (Lipinski definition) is 2. The van der Waals surface area contributed by atoms with Crippen LogP contribution in [0.3, 0.4) is 0 Å². The van der Waals surface area contributed by atoms with E-state index in [4.69, 9.17) is 21.5 Å². The van der Waals surface area contributed by atoms with Crippen molar-refractivity contribution in [2.24, 2.45) is 0 Å². The minimum absolute atomic E-state index is 0.294. The van der Waals surface area contributed by atoms with Crippen LogP contribution in [0.25, 0.3) is 0 Å². The SMILES string of the molecule is COc1ccccc1N1C(=S)N[C@@H](c2cccc(C)c2)C(C(=O)Nc2cc(C)on2)=C1C. The maximum absolute atomic E-state index is 13.5. The Bertz CT molecular complexity index is 1220. The number of hydrogen-bond acceptors (Lipinski definition) is 5. The summed E-state index contributed by atoms with van der Waals surface area (Å²) < 4.78 is 10.6. The van der Waals surface area contributed by atoms with Crippen molar-refractivity contribution in [2.75, 3.05) is 17.3 Å². The van der Waals surface area contributed by atoms with Crippen molar-refractivity contribution in [3.8, 4) is 5.75 Å². The zero-order valence-electron chi connectivity index (χ0n) is 18.3. The fourth-order valence-corrected chi connectivity index (χ4v) is 4.20. The Kier molecular flexibility index (Phi) is 5.96. The normalized spacial score (nSPS) is 16.1. The number of aromatic nitrogens is 1. The van der Waals surface area contributed by atoms with E-state index in [1.165, 1.54) is 0 Å². The summed E-state index contributed by atoms with van der Waals surface area (Å²) in [6.45, 7) is 5.67. The van der Waals surface area contributed by atoms with Crippen LogP contribution in [0.2, 0.25) is 0 Å². The molecule has 0 unspecified atom stereocenters. The minimum atomic E-state index is -0.429. The van der Waals surface area contributed by atoms with Crippen LogP contribution >= 0.6 is 12.2 Å². The fourth-order valence-electron chi connectivity index (χ4n) is 3.85. The van der Waals surface area contributed by atoms with E-state index >= 15 is 0 Å². The molecule has 2 N–H and O–H groups in total. The van der Waals surface area contributed by atoms with Crippen molar-refractivity contribution in [3.63, 3.8) is 0 Å². The lowest BCUT2D eigenvalue weighted by Crippen LogP contribution is -2.48. The van der Waals surface area contributed by atoms with Gasteiger partial charge in [0, 0.05) is 11.8 Å². The van der Waals surface area contributed by atoms with E-state index in [0.717, 1.165) is 16.8 Å². The smallest absolute Gasteiger partial charge is 0.257 e. The highest BCUT2D eigenvalue weighted by atomic mass is 32.1. The number of carbonyl (C=O) groups excluding carboxylic acids is 1. The molecule has 32 heavy (non-hydrogen) atoms. The van der Waals surface area contributed by atoms with Crippen LogP contribution in [0.15, 0.2) is 70.4 Å². The van der Waals surface area contributed by atoms with Gasteiger partial charge in [-0.2, -0.15) is 0 Å². The van der Waals surface area contributed by atoms with E-state index in [1.54, 1.807) is 20.1 Å². The summed E-state index contributed by atoms with van der Waals surface area (Å²) in [6.07, 6.45) is 0. The van der Waals surface area contributed by atoms with Gasteiger partial charge in [0.2, 0.25) is 0 Å². The van der Waals surface area contributed by atoms with Gasteiger partial charge in [0.1, 0.15) is 11.5 Å². The number of thiocarbonyl (C=S) groups is 1. The number of aryl methyl sites for hydroxylation is 2. The molecule has 1 atom stereocenters. The number of benzene rings is 2. The largest absolute Gasteiger partial charge is 0.495 e. The van der Waals surface area contributed by atoms with Crippen molar-refractivity contribution in [3.05, 3.63) is 82.8 Å². The monoisotopic (exact) mass is 448 g/mol. The van der Waals surface area contributed by atoms with Gasteiger partial charge in [0.05, 0.1) is 24.4 Å². The van der Waals surface area contributed by atoms with Crippen molar-refractivity contribution < 1.29 is 14.1 Å². The highest BCUT2D eigenvalue weighted by Gasteiger charge is 2.35. The third-order valence-electron chi connectivity index (χ3n) is 5.30. The number of carbonyl (C=O) groups is 1. The first-order valence-electron chi connectivity index (χ1n) is 10.1. The number of allylic oxidation sites excluding steroid dienone is 1. The number of nitrogens with zero attached hydrogens (tertiary/aromatic N) is 2. The number of nitrogens with one attached hydrogen (secondary N) is 2. The van der Waals surface area contributed by atoms with Crippen LogP contribution < -0.4 is 20.3 Å². The predicted octanol–water partition coefficient (Wildman–Crippen LogP) is 4.65. The van der Waals surface area contributed by atoms with Crippen LogP contribution in [-0.2, 0) is 4.79 Å². The molecule has 164 valence electrons. The van der Waals surface area contributed by atoms with Crippen LogP contribution in [0.1, 0.15) is 29.9 Å². The van der Waals surface area contributed by atoms with Crippen LogP contribution in [0.5, 0.6) is 5.75 Å². The summed E-state index contributed by atoms with van der Waals surface area (Å²) in [5, 5.41) is 10.6. The average molecular weight is 449 g/mol. The molecular weight excluding hydrogens is 424 g/mol. The quantitative estimate of drug-likeness (QED) is 0.550. The topological polar surface area (TPSA) is 79.6 Å². The first kappa shape index (κ1) is 21.6. The Morgan fingerprint density at radius 1 is 1.16 bits per heavy atom. The first-order chi connectivity index (χ1) is 15.4. The van der Waals surface area contributed by atoms with Crippen LogP contribution in [0, 0.1) is 13.8 Å². The van der Waals surface area contributed by atoms with Crippen LogP contribution in [0.4, 0.5) is 11.5 Å². The molecule has 3 aromatic rings. The highest BCUT2D eigenvalue weighted by Crippen LogP contribution is 2.38. The van der Waals surface area contributed by atoms with E-state index in [1.807, 2.05) is 67.3 Å². The summed E-state index contributed by atoms with van der Waals surface area (Å²) in [5.74, 6) is 1.32. The third-order valence-corrected chi connectivity index (χ3v) is 5.60. The molecule has 0 saturated heterocycles. The molecular formula is C24H24N4O3S.